The van der Waals surface area contributed by atoms with Gasteiger partial charge in [0, 0.05) is 25.5 Å². The number of hydrogen-bond acceptors (Lipinski definition) is 3. The Morgan fingerprint density at radius 3 is 2.22 bits per heavy atom. The van der Waals surface area contributed by atoms with Gasteiger partial charge in [-0.3, -0.25) is 14.2 Å². The summed E-state index contributed by atoms with van der Waals surface area (Å²) in [5.41, 5.74) is -0.890. The SMILES string of the molecule is Cn1cc(I)c(C(=O)Nc2ccn(Cc3c(F)c(F)c(F)c(F)c3F)n2)n1. The number of carbonyl (C=O) groups is 1. The van der Waals surface area contributed by atoms with Gasteiger partial charge in [-0.05, 0) is 22.6 Å². The van der Waals surface area contributed by atoms with Crippen molar-refractivity contribution in [2.24, 2.45) is 7.05 Å². The van der Waals surface area contributed by atoms with Gasteiger partial charge in [0.05, 0.1) is 15.7 Å². The molecule has 142 valence electrons. The van der Waals surface area contributed by atoms with E-state index >= 15 is 0 Å². The molecule has 6 nitrogen and oxygen atoms in total. The molecule has 0 atom stereocenters. The van der Waals surface area contributed by atoms with Crippen LogP contribution >= 0.6 is 22.6 Å². The lowest BCUT2D eigenvalue weighted by molar-refractivity contribution is 0.102. The molecule has 1 N–H and O–H groups in total. The Morgan fingerprint density at radius 2 is 1.67 bits per heavy atom. The number of amides is 1. The van der Waals surface area contributed by atoms with Gasteiger partial charge in [0.2, 0.25) is 5.82 Å². The van der Waals surface area contributed by atoms with E-state index < -0.39 is 47.1 Å². The van der Waals surface area contributed by atoms with Crippen LogP contribution in [0.5, 0.6) is 0 Å². The van der Waals surface area contributed by atoms with Gasteiger partial charge in [-0.2, -0.15) is 10.2 Å². The highest BCUT2D eigenvalue weighted by Gasteiger charge is 2.26. The third kappa shape index (κ3) is 3.65. The van der Waals surface area contributed by atoms with E-state index in [1.807, 2.05) is 22.6 Å². The highest BCUT2D eigenvalue weighted by atomic mass is 127. The number of benzene rings is 1. The Hall–Kier alpha value is -2.51. The fourth-order valence-corrected chi connectivity index (χ4v) is 3.01. The molecule has 3 aromatic rings. The molecule has 12 heteroatoms. The van der Waals surface area contributed by atoms with Gasteiger partial charge >= 0.3 is 0 Å². The second kappa shape index (κ2) is 7.25. The number of nitrogens with one attached hydrogen (secondary N) is 1. The van der Waals surface area contributed by atoms with Gasteiger partial charge in [0.25, 0.3) is 5.91 Å². The Kier molecular flexibility index (Phi) is 5.17. The topological polar surface area (TPSA) is 64.7 Å². The molecule has 0 aliphatic carbocycles. The highest BCUT2D eigenvalue weighted by molar-refractivity contribution is 14.1. The molecule has 0 spiro atoms. The Morgan fingerprint density at radius 1 is 1.07 bits per heavy atom. The lowest BCUT2D eigenvalue weighted by Gasteiger charge is -2.08. The van der Waals surface area contributed by atoms with Crippen LogP contribution in [0.15, 0.2) is 18.5 Å². The largest absolute Gasteiger partial charge is 0.304 e. The monoisotopic (exact) mass is 497 g/mol. The molecular formula is C15H9F5IN5O. The van der Waals surface area contributed by atoms with E-state index in [1.165, 1.54) is 16.9 Å². The molecule has 0 unspecified atom stereocenters. The van der Waals surface area contributed by atoms with Crippen molar-refractivity contribution in [3.8, 4) is 0 Å². The molecule has 0 radical (unpaired) electrons. The second-order valence-corrected chi connectivity index (χ2v) is 6.56. The van der Waals surface area contributed by atoms with Gasteiger partial charge in [0.1, 0.15) is 0 Å². The third-order valence-electron chi connectivity index (χ3n) is 3.50. The van der Waals surface area contributed by atoms with Crippen LogP contribution in [0.25, 0.3) is 0 Å². The van der Waals surface area contributed by atoms with Crippen molar-refractivity contribution in [2.45, 2.75) is 6.54 Å². The minimum Gasteiger partial charge on any atom is -0.304 e. The summed E-state index contributed by atoms with van der Waals surface area (Å²) in [6.45, 7) is -0.719. The molecule has 0 saturated heterocycles. The van der Waals surface area contributed by atoms with Crippen LogP contribution in [-0.2, 0) is 13.6 Å². The molecular weight excluding hydrogens is 488 g/mol. The maximum atomic E-state index is 13.7. The zero-order valence-corrected chi connectivity index (χ0v) is 15.6. The van der Waals surface area contributed by atoms with Crippen molar-refractivity contribution in [1.29, 1.82) is 0 Å². The Balaban J connectivity index is 1.81. The number of aromatic nitrogens is 4. The van der Waals surface area contributed by atoms with E-state index in [2.05, 4.69) is 15.5 Å². The van der Waals surface area contributed by atoms with Crippen molar-refractivity contribution < 1.29 is 26.7 Å². The van der Waals surface area contributed by atoms with Gasteiger partial charge in [0.15, 0.2) is 34.8 Å². The summed E-state index contributed by atoms with van der Waals surface area (Å²) < 4.78 is 70.0. The molecule has 0 fully saturated rings. The quantitative estimate of drug-likeness (QED) is 0.261. The number of halogens is 6. The van der Waals surface area contributed by atoms with Crippen molar-refractivity contribution in [3.63, 3.8) is 0 Å². The molecule has 0 aliphatic heterocycles. The number of rotatable bonds is 4. The van der Waals surface area contributed by atoms with E-state index in [9.17, 15) is 26.7 Å². The van der Waals surface area contributed by atoms with Crippen LogP contribution in [0.3, 0.4) is 0 Å². The van der Waals surface area contributed by atoms with E-state index in [-0.39, 0.29) is 11.5 Å². The fourth-order valence-electron chi connectivity index (χ4n) is 2.26. The number of hydrogen-bond donors (Lipinski definition) is 1. The van der Waals surface area contributed by atoms with Gasteiger partial charge < -0.3 is 5.32 Å². The summed E-state index contributed by atoms with van der Waals surface area (Å²) in [7, 11) is 1.64. The zero-order chi connectivity index (χ0) is 19.9. The van der Waals surface area contributed by atoms with E-state index in [1.54, 1.807) is 13.2 Å². The van der Waals surface area contributed by atoms with Crippen LogP contribution < -0.4 is 5.32 Å². The molecule has 0 saturated carbocycles. The predicted molar refractivity (Wildman–Crippen MR) is 91.4 cm³/mol. The van der Waals surface area contributed by atoms with Crippen LogP contribution in [-0.4, -0.2) is 25.5 Å². The molecule has 27 heavy (non-hydrogen) atoms. The van der Waals surface area contributed by atoms with Crippen molar-refractivity contribution >= 4 is 34.3 Å². The van der Waals surface area contributed by atoms with Crippen molar-refractivity contribution in [3.05, 3.63) is 62.4 Å². The molecule has 0 bridgehead atoms. The second-order valence-electron chi connectivity index (χ2n) is 5.40. The molecule has 2 heterocycles. The smallest absolute Gasteiger partial charge is 0.278 e. The van der Waals surface area contributed by atoms with Crippen LogP contribution in [0, 0.1) is 32.7 Å². The van der Waals surface area contributed by atoms with E-state index in [0.29, 0.717) is 3.57 Å². The normalized spacial score (nSPS) is 11.1. The Bertz CT molecular complexity index is 1020. The van der Waals surface area contributed by atoms with Crippen LogP contribution in [0.1, 0.15) is 16.1 Å². The van der Waals surface area contributed by atoms with Gasteiger partial charge in [-0.25, -0.2) is 22.0 Å². The number of carbonyl (C=O) groups excluding carboxylic acids is 1. The lowest BCUT2D eigenvalue weighted by Crippen LogP contribution is -2.15. The summed E-state index contributed by atoms with van der Waals surface area (Å²) in [5, 5.41) is 10.3. The summed E-state index contributed by atoms with van der Waals surface area (Å²) in [4.78, 5) is 12.1. The number of anilines is 1. The molecule has 3 rings (SSSR count). The lowest BCUT2D eigenvalue weighted by atomic mass is 10.1. The maximum absolute atomic E-state index is 13.7. The highest BCUT2D eigenvalue weighted by Crippen LogP contribution is 2.24. The van der Waals surface area contributed by atoms with Gasteiger partial charge in [-0.1, -0.05) is 0 Å². The first kappa shape index (κ1) is 19.3. The first-order valence-electron chi connectivity index (χ1n) is 7.23. The molecule has 1 aromatic carbocycles. The minimum absolute atomic E-state index is 0.0188. The van der Waals surface area contributed by atoms with E-state index in [0.717, 1.165) is 4.68 Å². The van der Waals surface area contributed by atoms with E-state index in [4.69, 9.17) is 0 Å². The average molecular weight is 497 g/mol. The minimum atomic E-state index is -2.23. The van der Waals surface area contributed by atoms with Crippen molar-refractivity contribution in [1.82, 2.24) is 19.6 Å². The summed E-state index contributed by atoms with van der Waals surface area (Å²) in [5.74, 6) is -10.7. The molecule has 1 amide bonds. The third-order valence-corrected chi connectivity index (χ3v) is 4.29. The number of aryl methyl sites for hydroxylation is 1. The first-order valence-corrected chi connectivity index (χ1v) is 8.31. The summed E-state index contributed by atoms with van der Waals surface area (Å²) in [6, 6.07) is 1.31. The molecule has 0 aliphatic rings. The summed E-state index contributed by atoms with van der Waals surface area (Å²) in [6.07, 6.45) is 2.84. The maximum Gasteiger partial charge on any atom is 0.278 e. The predicted octanol–water partition coefficient (Wildman–Crippen LogP) is 3.22. The summed E-state index contributed by atoms with van der Waals surface area (Å²) >= 11 is 1.92. The van der Waals surface area contributed by atoms with Crippen LogP contribution in [0.2, 0.25) is 0 Å². The van der Waals surface area contributed by atoms with Crippen LogP contribution in [0.4, 0.5) is 27.8 Å². The zero-order valence-electron chi connectivity index (χ0n) is 13.4. The Labute approximate surface area is 162 Å². The van der Waals surface area contributed by atoms with Crippen molar-refractivity contribution in [2.75, 3.05) is 5.32 Å². The average Bonchev–Trinajstić information content (AvgIpc) is 3.20. The fraction of sp³-hybridized carbons (Fsp3) is 0.133. The standard InChI is InChI=1S/C15H9F5IN5O/c1-25-5-7(21)14(24-25)15(27)22-8-2-3-26(23-8)4-6-9(16)11(18)13(20)12(19)10(6)17/h2-3,5H,4H2,1H3,(H,22,23,27). The first-order chi connectivity index (χ1) is 12.7. The molecule has 2 aromatic heterocycles. The number of nitrogens with zero attached hydrogens (tertiary/aromatic N) is 4. The van der Waals surface area contributed by atoms with Gasteiger partial charge in [-0.15, -0.1) is 0 Å².